The molecular weight excluding hydrogens is 330 g/mol. The van der Waals surface area contributed by atoms with Gasteiger partial charge in [0.2, 0.25) is 5.91 Å². The Morgan fingerprint density at radius 3 is 2.77 bits per heavy atom. The summed E-state index contributed by atoms with van der Waals surface area (Å²) in [6, 6.07) is 3.73. The molecule has 140 valence electrons. The van der Waals surface area contributed by atoms with Gasteiger partial charge in [0, 0.05) is 32.3 Å². The van der Waals surface area contributed by atoms with Crippen LogP contribution in [0.25, 0.3) is 0 Å². The van der Waals surface area contributed by atoms with Crippen molar-refractivity contribution in [1.29, 1.82) is 0 Å². The van der Waals surface area contributed by atoms with Gasteiger partial charge in [0.15, 0.2) is 0 Å². The van der Waals surface area contributed by atoms with Gasteiger partial charge in [-0.15, -0.1) is 0 Å². The van der Waals surface area contributed by atoms with Crippen LogP contribution in [0.1, 0.15) is 61.7 Å². The van der Waals surface area contributed by atoms with Crippen LogP contribution in [-0.2, 0) is 24.9 Å². The largest absolute Gasteiger partial charge is 0.380 e. The van der Waals surface area contributed by atoms with E-state index in [9.17, 15) is 9.90 Å². The second-order valence-corrected chi connectivity index (χ2v) is 7.51. The van der Waals surface area contributed by atoms with Gasteiger partial charge in [-0.2, -0.15) is 10.2 Å². The fourth-order valence-corrected chi connectivity index (χ4v) is 4.22. The minimum absolute atomic E-state index is 0.192. The van der Waals surface area contributed by atoms with Crippen LogP contribution in [0.15, 0.2) is 18.3 Å². The predicted molar refractivity (Wildman–Crippen MR) is 96.1 cm³/mol. The molecule has 1 saturated carbocycles. The van der Waals surface area contributed by atoms with Gasteiger partial charge in [0.25, 0.3) is 0 Å². The number of hydrogen-bond acceptors (Lipinski definition) is 4. The molecule has 1 fully saturated rings. The zero-order chi connectivity index (χ0) is 18.1. The maximum absolute atomic E-state index is 12.9. The lowest BCUT2D eigenvalue weighted by atomic mass is 9.88. The number of carbonyl (C=O) groups is 1. The van der Waals surface area contributed by atoms with Crippen molar-refractivity contribution in [1.82, 2.24) is 24.5 Å². The summed E-state index contributed by atoms with van der Waals surface area (Å²) in [7, 11) is 1.81. The maximum atomic E-state index is 12.9. The summed E-state index contributed by atoms with van der Waals surface area (Å²) in [5.41, 5.74) is 2.34. The van der Waals surface area contributed by atoms with Crippen LogP contribution in [0.4, 0.5) is 0 Å². The van der Waals surface area contributed by atoms with E-state index in [4.69, 9.17) is 0 Å². The Labute approximate surface area is 153 Å². The minimum Gasteiger partial charge on any atom is -0.380 e. The summed E-state index contributed by atoms with van der Waals surface area (Å²) in [4.78, 5) is 14.9. The molecule has 4 rings (SSSR count). The summed E-state index contributed by atoms with van der Waals surface area (Å²) >= 11 is 0. The number of aliphatic hydroxyl groups is 1. The average Bonchev–Trinajstić information content (AvgIpc) is 3.22. The van der Waals surface area contributed by atoms with Gasteiger partial charge in [-0.1, -0.05) is 19.3 Å². The number of aliphatic hydroxyl groups excluding tert-OH is 1. The van der Waals surface area contributed by atoms with Crippen LogP contribution < -0.4 is 0 Å². The van der Waals surface area contributed by atoms with Gasteiger partial charge in [-0.05, 0) is 31.4 Å². The second kappa shape index (κ2) is 7.23. The van der Waals surface area contributed by atoms with Crippen molar-refractivity contribution in [2.75, 3.05) is 6.54 Å². The van der Waals surface area contributed by atoms with Crippen LogP contribution in [-0.4, -0.2) is 42.0 Å². The van der Waals surface area contributed by atoms with Gasteiger partial charge < -0.3 is 10.0 Å². The van der Waals surface area contributed by atoms with Crippen molar-refractivity contribution in [3.63, 3.8) is 0 Å². The molecule has 1 aliphatic heterocycles. The minimum atomic E-state index is -0.801. The molecule has 1 amide bonds. The lowest BCUT2D eigenvalue weighted by Crippen LogP contribution is -2.36. The van der Waals surface area contributed by atoms with E-state index in [1.54, 1.807) is 16.9 Å². The van der Waals surface area contributed by atoms with Crippen LogP contribution in [0, 0.1) is 5.92 Å². The van der Waals surface area contributed by atoms with Gasteiger partial charge >= 0.3 is 0 Å². The van der Waals surface area contributed by atoms with Crippen molar-refractivity contribution in [3.8, 4) is 0 Å². The molecule has 0 spiro atoms. The molecule has 1 N–H and O–H groups in total. The average molecular weight is 357 g/mol. The molecule has 0 radical (unpaired) electrons. The van der Waals surface area contributed by atoms with E-state index in [1.165, 1.54) is 19.3 Å². The first kappa shape index (κ1) is 17.3. The van der Waals surface area contributed by atoms with E-state index in [0.29, 0.717) is 23.8 Å². The zero-order valence-corrected chi connectivity index (χ0v) is 15.3. The number of nitrogens with zero attached hydrogens (tertiary/aromatic N) is 5. The molecule has 0 unspecified atom stereocenters. The maximum Gasteiger partial charge on any atom is 0.226 e. The van der Waals surface area contributed by atoms with E-state index in [2.05, 4.69) is 10.2 Å². The Morgan fingerprint density at radius 2 is 2.04 bits per heavy atom. The Balaban J connectivity index is 1.52. The third-order valence-corrected chi connectivity index (χ3v) is 5.72. The molecule has 2 aromatic heterocycles. The SMILES string of the molecule is Cn1nccc1[C@H](O)c1cc2n(n1)CCCN(C(=O)C1CCCCC1)C2. The highest BCUT2D eigenvalue weighted by Crippen LogP contribution is 2.28. The summed E-state index contributed by atoms with van der Waals surface area (Å²) in [5.74, 6) is 0.491. The van der Waals surface area contributed by atoms with E-state index >= 15 is 0 Å². The van der Waals surface area contributed by atoms with Gasteiger partial charge in [0.1, 0.15) is 6.10 Å². The molecule has 3 heterocycles. The zero-order valence-electron chi connectivity index (χ0n) is 15.3. The highest BCUT2D eigenvalue weighted by molar-refractivity contribution is 5.79. The van der Waals surface area contributed by atoms with Crippen LogP contribution in [0.2, 0.25) is 0 Å². The van der Waals surface area contributed by atoms with Crippen LogP contribution >= 0.6 is 0 Å². The topological polar surface area (TPSA) is 76.2 Å². The summed E-state index contributed by atoms with van der Waals surface area (Å²) < 4.78 is 3.61. The van der Waals surface area contributed by atoms with Crippen LogP contribution in [0.5, 0.6) is 0 Å². The first-order valence-electron chi connectivity index (χ1n) is 9.65. The van der Waals surface area contributed by atoms with Crippen molar-refractivity contribution < 1.29 is 9.90 Å². The molecule has 7 nitrogen and oxygen atoms in total. The van der Waals surface area contributed by atoms with Gasteiger partial charge in [-0.25, -0.2) is 0 Å². The third-order valence-electron chi connectivity index (χ3n) is 5.72. The smallest absolute Gasteiger partial charge is 0.226 e. The molecule has 0 aromatic carbocycles. The van der Waals surface area contributed by atoms with Crippen molar-refractivity contribution in [2.24, 2.45) is 13.0 Å². The molecule has 2 aliphatic rings. The Hall–Kier alpha value is -2.15. The number of fused-ring (bicyclic) bond motifs is 1. The normalized spacial score (nSPS) is 19.8. The summed E-state index contributed by atoms with van der Waals surface area (Å²) in [5, 5.41) is 19.4. The third kappa shape index (κ3) is 3.28. The molecular formula is C19H27N5O2. The number of aromatic nitrogens is 4. The first-order valence-corrected chi connectivity index (χ1v) is 9.65. The van der Waals surface area contributed by atoms with E-state index < -0.39 is 6.10 Å². The van der Waals surface area contributed by atoms with Gasteiger partial charge in [0.05, 0.1) is 23.6 Å². The van der Waals surface area contributed by atoms with Gasteiger partial charge in [-0.3, -0.25) is 14.2 Å². The fraction of sp³-hybridized carbons (Fsp3) is 0.632. The van der Waals surface area contributed by atoms with Crippen molar-refractivity contribution in [3.05, 3.63) is 35.4 Å². The lowest BCUT2D eigenvalue weighted by molar-refractivity contribution is -0.137. The summed E-state index contributed by atoms with van der Waals surface area (Å²) in [6.07, 6.45) is 7.42. The quantitative estimate of drug-likeness (QED) is 0.912. The van der Waals surface area contributed by atoms with Crippen molar-refractivity contribution in [2.45, 2.75) is 57.7 Å². The Bertz CT molecular complexity index is 775. The first-order chi connectivity index (χ1) is 12.6. The molecule has 2 aromatic rings. The molecule has 1 aliphatic carbocycles. The molecule has 1 atom stereocenters. The number of carbonyl (C=O) groups excluding carboxylic acids is 1. The van der Waals surface area contributed by atoms with Crippen molar-refractivity contribution >= 4 is 5.91 Å². The Morgan fingerprint density at radius 1 is 1.23 bits per heavy atom. The fourth-order valence-electron chi connectivity index (χ4n) is 4.22. The monoisotopic (exact) mass is 357 g/mol. The standard InChI is InChI=1S/C19H27N5O2/c1-22-17(8-9-20-22)18(25)16-12-15-13-23(10-5-11-24(15)21-16)19(26)14-6-3-2-4-7-14/h8-9,12,14,18,25H,2-7,10-11,13H2,1H3/t18-/m1/s1. The molecule has 0 saturated heterocycles. The van der Waals surface area contributed by atoms with E-state index in [-0.39, 0.29) is 5.92 Å². The summed E-state index contributed by atoms with van der Waals surface area (Å²) in [6.45, 7) is 2.15. The number of hydrogen-bond donors (Lipinski definition) is 1. The lowest BCUT2D eigenvalue weighted by Gasteiger charge is -2.28. The Kier molecular flexibility index (Phi) is 4.80. The number of amides is 1. The molecule has 7 heteroatoms. The second-order valence-electron chi connectivity index (χ2n) is 7.51. The van der Waals surface area contributed by atoms with E-state index in [1.807, 2.05) is 22.7 Å². The highest BCUT2D eigenvalue weighted by Gasteiger charge is 2.29. The molecule has 26 heavy (non-hydrogen) atoms. The molecule has 0 bridgehead atoms. The van der Waals surface area contributed by atoms with Crippen LogP contribution in [0.3, 0.4) is 0 Å². The number of aryl methyl sites for hydroxylation is 2. The predicted octanol–water partition coefficient (Wildman–Crippen LogP) is 2.01. The number of rotatable bonds is 3. The highest BCUT2D eigenvalue weighted by atomic mass is 16.3. The van der Waals surface area contributed by atoms with E-state index in [0.717, 1.165) is 38.0 Å².